The lowest BCUT2D eigenvalue weighted by atomic mass is 10.0. The van der Waals surface area contributed by atoms with Crippen LogP contribution in [-0.2, 0) is 11.2 Å². The molecule has 1 amide bonds. The third-order valence-corrected chi connectivity index (χ3v) is 3.53. The van der Waals surface area contributed by atoms with Gasteiger partial charge in [0.05, 0.1) is 18.8 Å². The molecule has 0 heterocycles. The van der Waals surface area contributed by atoms with E-state index in [1.54, 1.807) is 12.2 Å². The van der Waals surface area contributed by atoms with Crippen molar-refractivity contribution in [2.24, 2.45) is 0 Å². The summed E-state index contributed by atoms with van der Waals surface area (Å²) in [7, 11) is 0. The Morgan fingerprint density at radius 3 is 2.50 bits per heavy atom. The highest BCUT2D eigenvalue weighted by molar-refractivity contribution is 5.73. The molecule has 1 aromatic rings. The Morgan fingerprint density at radius 2 is 1.95 bits per heavy atom. The Morgan fingerprint density at radius 1 is 1.27 bits per heavy atom. The first kappa shape index (κ1) is 18.4. The molecule has 0 aliphatic rings. The smallest absolute Gasteiger partial charge is 0.217 e. The first-order valence-electron chi connectivity index (χ1n) is 7.90. The van der Waals surface area contributed by atoms with Crippen molar-refractivity contribution in [3.05, 3.63) is 41.5 Å². The number of nitrogens with one attached hydrogen (secondary N) is 1. The predicted molar refractivity (Wildman–Crippen MR) is 89.4 cm³/mol. The van der Waals surface area contributed by atoms with E-state index in [-0.39, 0.29) is 12.5 Å². The van der Waals surface area contributed by atoms with Crippen molar-refractivity contribution in [3.63, 3.8) is 0 Å². The van der Waals surface area contributed by atoms with E-state index in [1.165, 1.54) is 31.7 Å². The van der Waals surface area contributed by atoms with E-state index in [9.17, 15) is 15.0 Å². The summed E-state index contributed by atoms with van der Waals surface area (Å²) in [6.45, 7) is 3.25. The number of unbranched alkanes of at least 4 members (excludes halogenated alkanes) is 2. The molecule has 0 fully saturated rings. The van der Waals surface area contributed by atoms with Crippen LogP contribution in [0.3, 0.4) is 0 Å². The molecular weight excluding hydrogens is 278 g/mol. The highest BCUT2D eigenvalue weighted by atomic mass is 16.3. The van der Waals surface area contributed by atoms with Crippen LogP contribution in [0.2, 0.25) is 0 Å². The van der Waals surface area contributed by atoms with E-state index >= 15 is 0 Å². The van der Waals surface area contributed by atoms with E-state index in [1.807, 2.05) is 12.1 Å². The van der Waals surface area contributed by atoms with Gasteiger partial charge in [-0.3, -0.25) is 4.79 Å². The summed E-state index contributed by atoms with van der Waals surface area (Å²) in [5.41, 5.74) is 2.30. The SMILES string of the molecule is CCCCCc1ccc(/C=C/[C@@H](O)[C@H](CO)NC(C)=O)cc1. The average Bonchev–Trinajstić information content (AvgIpc) is 2.51. The minimum atomic E-state index is -0.918. The van der Waals surface area contributed by atoms with E-state index in [2.05, 4.69) is 24.4 Å². The monoisotopic (exact) mass is 305 g/mol. The van der Waals surface area contributed by atoms with Gasteiger partial charge < -0.3 is 15.5 Å². The zero-order chi connectivity index (χ0) is 16.4. The molecule has 0 spiro atoms. The normalized spacial score (nSPS) is 14.0. The molecule has 0 radical (unpaired) electrons. The molecule has 0 saturated heterocycles. The first-order valence-corrected chi connectivity index (χ1v) is 7.90. The van der Waals surface area contributed by atoms with Crippen LogP contribution >= 0.6 is 0 Å². The lowest BCUT2D eigenvalue weighted by molar-refractivity contribution is -0.120. The highest BCUT2D eigenvalue weighted by Gasteiger charge is 2.16. The third kappa shape index (κ3) is 6.87. The molecule has 0 bridgehead atoms. The highest BCUT2D eigenvalue weighted by Crippen LogP contribution is 2.11. The number of carbonyl (C=O) groups excluding carboxylic acids is 1. The maximum Gasteiger partial charge on any atom is 0.217 e. The fourth-order valence-corrected chi connectivity index (χ4v) is 2.22. The molecule has 4 nitrogen and oxygen atoms in total. The Bertz CT molecular complexity index is 468. The summed E-state index contributed by atoms with van der Waals surface area (Å²) < 4.78 is 0. The number of aryl methyl sites for hydroxylation is 1. The zero-order valence-corrected chi connectivity index (χ0v) is 13.5. The second-order valence-corrected chi connectivity index (χ2v) is 5.54. The van der Waals surface area contributed by atoms with Crippen LogP contribution < -0.4 is 5.32 Å². The maximum atomic E-state index is 11.0. The molecule has 0 unspecified atom stereocenters. The van der Waals surface area contributed by atoms with E-state index in [0.29, 0.717) is 0 Å². The van der Waals surface area contributed by atoms with Crippen LogP contribution in [0.15, 0.2) is 30.3 Å². The average molecular weight is 305 g/mol. The lowest BCUT2D eigenvalue weighted by Gasteiger charge is -2.18. The molecule has 1 aromatic carbocycles. The van der Waals surface area contributed by atoms with Crippen molar-refractivity contribution in [1.29, 1.82) is 0 Å². The Labute approximate surface area is 132 Å². The minimum Gasteiger partial charge on any atom is -0.394 e. The number of benzene rings is 1. The van der Waals surface area contributed by atoms with Crippen molar-refractivity contribution in [2.75, 3.05) is 6.61 Å². The summed E-state index contributed by atoms with van der Waals surface area (Å²) in [6.07, 6.45) is 7.24. The number of amides is 1. The van der Waals surface area contributed by atoms with Gasteiger partial charge in [-0.15, -0.1) is 0 Å². The van der Waals surface area contributed by atoms with Crippen molar-refractivity contribution in [2.45, 2.75) is 51.7 Å². The van der Waals surface area contributed by atoms with Crippen LogP contribution in [0, 0.1) is 0 Å². The Kier molecular flexibility index (Phi) is 8.48. The summed E-state index contributed by atoms with van der Waals surface area (Å²) in [5, 5.41) is 21.6. The van der Waals surface area contributed by atoms with Gasteiger partial charge in [0.2, 0.25) is 5.91 Å². The van der Waals surface area contributed by atoms with Gasteiger partial charge in [0.25, 0.3) is 0 Å². The van der Waals surface area contributed by atoms with Crippen molar-refractivity contribution >= 4 is 12.0 Å². The molecular formula is C18H27NO3. The molecule has 2 atom stereocenters. The van der Waals surface area contributed by atoms with Crippen LogP contribution in [-0.4, -0.2) is 34.9 Å². The molecule has 4 heteroatoms. The minimum absolute atomic E-state index is 0.275. The number of aliphatic hydroxyl groups is 2. The second-order valence-electron chi connectivity index (χ2n) is 5.54. The van der Waals surface area contributed by atoms with Gasteiger partial charge in [-0.1, -0.05) is 56.2 Å². The van der Waals surface area contributed by atoms with Crippen molar-refractivity contribution in [1.82, 2.24) is 5.32 Å². The van der Waals surface area contributed by atoms with Crippen molar-refractivity contribution in [3.8, 4) is 0 Å². The van der Waals surface area contributed by atoms with Crippen LogP contribution in [0.1, 0.15) is 44.2 Å². The van der Waals surface area contributed by atoms with Crippen LogP contribution in [0.25, 0.3) is 6.08 Å². The molecule has 0 aliphatic carbocycles. The summed E-state index contributed by atoms with van der Waals surface area (Å²) >= 11 is 0. The third-order valence-electron chi connectivity index (χ3n) is 3.53. The number of aliphatic hydroxyl groups excluding tert-OH is 2. The molecule has 0 saturated carbocycles. The Hall–Kier alpha value is -1.65. The second kappa shape index (κ2) is 10.1. The number of rotatable bonds is 9. The maximum absolute atomic E-state index is 11.0. The van der Waals surface area contributed by atoms with Crippen LogP contribution in [0.4, 0.5) is 0 Å². The summed E-state index contributed by atoms with van der Waals surface area (Å²) in [4.78, 5) is 11.0. The fourth-order valence-electron chi connectivity index (χ4n) is 2.22. The van der Waals surface area contributed by atoms with E-state index in [0.717, 1.165) is 12.0 Å². The topological polar surface area (TPSA) is 69.6 Å². The van der Waals surface area contributed by atoms with Crippen molar-refractivity contribution < 1.29 is 15.0 Å². The number of hydrogen-bond donors (Lipinski definition) is 3. The molecule has 1 rings (SSSR count). The van der Waals surface area contributed by atoms with Gasteiger partial charge in [0.1, 0.15) is 0 Å². The summed E-state index contributed by atoms with van der Waals surface area (Å²) in [6, 6.07) is 7.54. The van der Waals surface area contributed by atoms with Gasteiger partial charge in [-0.2, -0.15) is 0 Å². The molecule has 122 valence electrons. The molecule has 0 aromatic heterocycles. The number of carbonyl (C=O) groups is 1. The standard InChI is InChI=1S/C18H27NO3/c1-3-4-5-6-15-7-9-16(10-8-15)11-12-18(22)17(13-20)19-14(2)21/h7-12,17-18,20,22H,3-6,13H2,1-2H3,(H,19,21)/b12-11+/t17-,18+/m0/s1. The zero-order valence-electron chi connectivity index (χ0n) is 13.5. The largest absolute Gasteiger partial charge is 0.394 e. The van der Waals surface area contributed by atoms with Gasteiger partial charge >= 0.3 is 0 Å². The quantitative estimate of drug-likeness (QED) is 0.613. The lowest BCUT2D eigenvalue weighted by Crippen LogP contribution is -2.44. The fraction of sp³-hybridized carbons (Fsp3) is 0.500. The first-order chi connectivity index (χ1) is 10.6. The number of hydrogen-bond acceptors (Lipinski definition) is 3. The van der Waals surface area contributed by atoms with Gasteiger partial charge in [-0.25, -0.2) is 0 Å². The predicted octanol–water partition coefficient (Wildman–Crippen LogP) is 2.29. The van der Waals surface area contributed by atoms with Crippen LogP contribution in [0.5, 0.6) is 0 Å². The van der Waals surface area contributed by atoms with Gasteiger partial charge in [0, 0.05) is 6.92 Å². The Balaban J connectivity index is 2.55. The van der Waals surface area contributed by atoms with Gasteiger partial charge in [0.15, 0.2) is 0 Å². The van der Waals surface area contributed by atoms with E-state index in [4.69, 9.17) is 0 Å². The summed E-state index contributed by atoms with van der Waals surface area (Å²) in [5.74, 6) is -0.275. The van der Waals surface area contributed by atoms with E-state index < -0.39 is 12.1 Å². The molecule has 22 heavy (non-hydrogen) atoms. The molecule has 0 aliphatic heterocycles. The van der Waals surface area contributed by atoms with Gasteiger partial charge in [-0.05, 0) is 24.0 Å². The molecule has 3 N–H and O–H groups in total.